The Balaban J connectivity index is 0.00000380. The fourth-order valence-electron chi connectivity index (χ4n) is 3.61. The van der Waals surface area contributed by atoms with E-state index in [9.17, 15) is 9.18 Å². The maximum atomic E-state index is 14.4. The highest BCUT2D eigenvalue weighted by Crippen LogP contribution is 2.27. The molecule has 0 amide bonds. The SMILES string of the molecule is CCOc1ccc(Cc2nnc(SCC(=O)c3ccc(OC)cc3F)n2-c2ccc(OC)cc2)cc1.[Br-]. The standard InChI is InChI=1S/C27H26FN3O4S.BrH/c1-4-35-21-9-5-18(6-10-21)15-26-29-30-27(31(26)19-7-11-20(33-2)12-8-19)36-17-25(32)23-14-13-22(34-3)16-24(23)28;/h5-14,16H,4,15,17H2,1-3H3;1H/p-1. The van der Waals surface area contributed by atoms with E-state index in [2.05, 4.69) is 10.2 Å². The summed E-state index contributed by atoms with van der Waals surface area (Å²) in [5, 5.41) is 9.29. The molecule has 0 spiro atoms. The van der Waals surface area contributed by atoms with Gasteiger partial charge in [0.15, 0.2) is 10.9 Å². The van der Waals surface area contributed by atoms with Crippen molar-refractivity contribution in [2.45, 2.75) is 18.5 Å². The Morgan fingerprint density at radius 1 is 0.919 bits per heavy atom. The van der Waals surface area contributed by atoms with Crippen molar-refractivity contribution in [1.29, 1.82) is 0 Å². The number of hydrogen-bond acceptors (Lipinski definition) is 7. The summed E-state index contributed by atoms with van der Waals surface area (Å²) in [7, 11) is 3.05. The fraction of sp³-hybridized carbons (Fsp3) is 0.222. The van der Waals surface area contributed by atoms with E-state index in [0.29, 0.717) is 29.8 Å². The van der Waals surface area contributed by atoms with Gasteiger partial charge in [-0.1, -0.05) is 23.9 Å². The summed E-state index contributed by atoms with van der Waals surface area (Å²) in [5.74, 6) is 1.62. The van der Waals surface area contributed by atoms with E-state index in [0.717, 1.165) is 22.7 Å². The minimum absolute atomic E-state index is 0. The van der Waals surface area contributed by atoms with E-state index in [-0.39, 0.29) is 34.1 Å². The molecular formula is C27H26BrFN3O4S-. The van der Waals surface area contributed by atoms with Crippen LogP contribution in [0.15, 0.2) is 71.9 Å². The molecule has 1 aromatic heterocycles. The Labute approximate surface area is 229 Å². The number of halogens is 2. The van der Waals surface area contributed by atoms with Gasteiger partial charge in [-0.3, -0.25) is 9.36 Å². The van der Waals surface area contributed by atoms with E-state index in [1.165, 1.54) is 31.0 Å². The third kappa shape index (κ3) is 6.90. The van der Waals surface area contributed by atoms with Crippen LogP contribution in [0.25, 0.3) is 5.69 Å². The van der Waals surface area contributed by atoms with Crippen LogP contribution in [0.5, 0.6) is 17.2 Å². The van der Waals surface area contributed by atoms with Gasteiger partial charge in [-0.2, -0.15) is 0 Å². The second kappa shape index (κ2) is 13.3. The maximum Gasteiger partial charge on any atom is 0.196 e. The summed E-state index contributed by atoms with van der Waals surface area (Å²) in [6, 6.07) is 19.5. The van der Waals surface area contributed by atoms with Crippen molar-refractivity contribution in [3.05, 3.63) is 89.5 Å². The van der Waals surface area contributed by atoms with Gasteiger partial charge in [0, 0.05) is 18.2 Å². The number of nitrogens with zero attached hydrogens (tertiary/aromatic N) is 3. The number of benzene rings is 3. The molecule has 10 heteroatoms. The Kier molecular flexibility index (Phi) is 10.1. The Hall–Kier alpha value is -3.37. The molecule has 0 unspecified atom stereocenters. The largest absolute Gasteiger partial charge is 1.00 e. The number of thioether (sulfide) groups is 1. The van der Waals surface area contributed by atoms with Gasteiger partial charge in [-0.25, -0.2) is 4.39 Å². The minimum atomic E-state index is -0.618. The van der Waals surface area contributed by atoms with E-state index in [1.54, 1.807) is 13.2 Å². The molecule has 194 valence electrons. The number of hydrogen-bond donors (Lipinski definition) is 0. The van der Waals surface area contributed by atoms with E-state index in [1.807, 2.05) is 60.0 Å². The van der Waals surface area contributed by atoms with Crippen molar-refractivity contribution in [3.63, 3.8) is 0 Å². The molecule has 3 aromatic carbocycles. The first-order valence-corrected chi connectivity index (χ1v) is 12.3. The molecule has 0 aliphatic heterocycles. The molecule has 0 N–H and O–H groups in total. The predicted octanol–water partition coefficient (Wildman–Crippen LogP) is 2.39. The molecule has 4 rings (SSSR count). The number of carbonyl (C=O) groups excluding carboxylic acids is 1. The molecule has 7 nitrogen and oxygen atoms in total. The number of aromatic nitrogens is 3. The first-order chi connectivity index (χ1) is 17.5. The number of rotatable bonds is 11. The second-order valence-electron chi connectivity index (χ2n) is 7.74. The highest BCUT2D eigenvalue weighted by atomic mass is 79.9. The molecule has 1 heterocycles. The van der Waals surface area contributed by atoms with Crippen LogP contribution in [0.3, 0.4) is 0 Å². The lowest BCUT2D eigenvalue weighted by atomic mass is 10.1. The number of methoxy groups -OCH3 is 2. The van der Waals surface area contributed by atoms with Crippen LogP contribution in [0.1, 0.15) is 28.7 Å². The number of ether oxygens (including phenoxy) is 3. The van der Waals surface area contributed by atoms with Crippen LogP contribution in [-0.4, -0.2) is 47.1 Å². The van der Waals surface area contributed by atoms with Gasteiger partial charge in [-0.05, 0) is 61.0 Å². The molecule has 0 bridgehead atoms. The number of carbonyl (C=O) groups is 1. The van der Waals surface area contributed by atoms with Crippen LogP contribution < -0.4 is 31.2 Å². The summed E-state index contributed by atoms with van der Waals surface area (Å²) < 4.78 is 32.1. The average Bonchev–Trinajstić information content (AvgIpc) is 3.30. The molecule has 0 aliphatic carbocycles. The zero-order valence-electron chi connectivity index (χ0n) is 20.6. The highest BCUT2D eigenvalue weighted by molar-refractivity contribution is 7.99. The average molecular weight is 587 g/mol. The van der Waals surface area contributed by atoms with E-state index in [4.69, 9.17) is 14.2 Å². The quantitative estimate of drug-likeness (QED) is 0.197. The third-order valence-corrected chi connectivity index (χ3v) is 6.37. The second-order valence-corrected chi connectivity index (χ2v) is 8.69. The van der Waals surface area contributed by atoms with Crippen LogP contribution in [0.4, 0.5) is 4.39 Å². The van der Waals surface area contributed by atoms with Crippen molar-refractivity contribution in [2.24, 2.45) is 0 Å². The van der Waals surface area contributed by atoms with Gasteiger partial charge in [-0.15, -0.1) is 10.2 Å². The van der Waals surface area contributed by atoms with Crippen molar-refractivity contribution in [3.8, 4) is 22.9 Å². The van der Waals surface area contributed by atoms with Gasteiger partial charge in [0.2, 0.25) is 0 Å². The molecule has 0 radical (unpaired) electrons. The zero-order chi connectivity index (χ0) is 25.5. The Morgan fingerprint density at radius 3 is 2.19 bits per heavy atom. The summed E-state index contributed by atoms with van der Waals surface area (Å²) in [6.45, 7) is 2.54. The molecule has 0 atom stereocenters. The predicted molar refractivity (Wildman–Crippen MR) is 136 cm³/mol. The molecule has 0 aliphatic rings. The normalized spacial score (nSPS) is 10.5. The van der Waals surface area contributed by atoms with E-state index < -0.39 is 5.82 Å². The molecule has 4 aromatic rings. The van der Waals surface area contributed by atoms with Crippen molar-refractivity contribution < 1.29 is 40.4 Å². The van der Waals surface area contributed by atoms with Crippen molar-refractivity contribution in [2.75, 3.05) is 26.6 Å². The lowest BCUT2D eigenvalue weighted by molar-refractivity contribution is -0.0000172. The first kappa shape index (κ1) is 28.2. The molecular weight excluding hydrogens is 561 g/mol. The molecule has 0 saturated carbocycles. The van der Waals surface area contributed by atoms with Gasteiger partial charge < -0.3 is 31.2 Å². The van der Waals surface area contributed by atoms with Crippen LogP contribution >= 0.6 is 11.8 Å². The fourth-order valence-corrected chi connectivity index (χ4v) is 4.46. The maximum absolute atomic E-state index is 14.4. The highest BCUT2D eigenvalue weighted by Gasteiger charge is 2.19. The monoisotopic (exact) mass is 586 g/mol. The summed E-state index contributed by atoms with van der Waals surface area (Å²) in [4.78, 5) is 12.8. The summed E-state index contributed by atoms with van der Waals surface area (Å²) >= 11 is 1.20. The zero-order valence-corrected chi connectivity index (χ0v) is 23.0. The number of ketones is 1. The molecule has 0 fully saturated rings. The molecule has 0 saturated heterocycles. The van der Waals surface area contributed by atoms with Crippen molar-refractivity contribution in [1.82, 2.24) is 14.8 Å². The van der Waals surface area contributed by atoms with Gasteiger partial charge in [0.05, 0.1) is 32.1 Å². The van der Waals surface area contributed by atoms with E-state index >= 15 is 0 Å². The lowest BCUT2D eigenvalue weighted by Gasteiger charge is -2.11. The summed E-state index contributed by atoms with van der Waals surface area (Å²) in [6.07, 6.45) is 0.521. The van der Waals surface area contributed by atoms with Crippen LogP contribution in [-0.2, 0) is 6.42 Å². The smallest absolute Gasteiger partial charge is 0.196 e. The van der Waals surface area contributed by atoms with Gasteiger partial charge in [0.25, 0.3) is 0 Å². The number of Topliss-reactive ketones (excluding diaryl/α,β-unsaturated/α-hetero) is 1. The summed E-state index contributed by atoms with van der Waals surface area (Å²) in [5.41, 5.74) is 1.87. The molecule has 37 heavy (non-hydrogen) atoms. The topological polar surface area (TPSA) is 75.5 Å². The van der Waals surface area contributed by atoms with Crippen molar-refractivity contribution >= 4 is 17.5 Å². The minimum Gasteiger partial charge on any atom is -1.00 e. The third-order valence-electron chi connectivity index (χ3n) is 5.44. The van der Waals surface area contributed by atoms with Crippen LogP contribution in [0.2, 0.25) is 0 Å². The first-order valence-electron chi connectivity index (χ1n) is 11.3. The lowest BCUT2D eigenvalue weighted by Crippen LogP contribution is -3.00. The van der Waals surface area contributed by atoms with Crippen LogP contribution in [0, 0.1) is 5.82 Å². The van der Waals surface area contributed by atoms with Gasteiger partial charge in [0.1, 0.15) is 28.9 Å². The Bertz CT molecular complexity index is 1330. The van der Waals surface area contributed by atoms with Gasteiger partial charge >= 0.3 is 0 Å². The Morgan fingerprint density at radius 2 is 1.57 bits per heavy atom.